The fraction of sp³-hybridized carbons (Fsp3) is 0.450. The van der Waals surface area contributed by atoms with Gasteiger partial charge in [0.25, 0.3) is 0 Å². The highest BCUT2D eigenvalue weighted by Gasteiger charge is 2.26. The van der Waals surface area contributed by atoms with E-state index >= 15 is 0 Å². The number of allylic oxidation sites excluding steroid dienone is 1. The van der Waals surface area contributed by atoms with Gasteiger partial charge in [-0.15, -0.1) is 0 Å². The molecule has 2 aliphatic heterocycles. The van der Waals surface area contributed by atoms with E-state index in [2.05, 4.69) is 33.6 Å². The van der Waals surface area contributed by atoms with Crippen molar-refractivity contribution in [3.8, 4) is 0 Å². The van der Waals surface area contributed by atoms with Crippen LogP contribution in [0.2, 0.25) is 5.02 Å². The van der Waals surface area contributed by atoms with E-state index in [0.717, 1.165) is 53.1 Å². The summed E-state index contributed by atoms with van der Waals surface area (Å²) in [5.74, 6) is 0. The van der Waals surface area contributed by atoms with E-state index in [1.807, 2.05) is 19.3 Å². The summed E-state index contributed by atoms with van der Waals surface area (Å²) in [6.45, 7) is 8.74. The van der Waals surface area contributed by atoms with Crippen molar-refractivity contribution in [2.75, 3.05) is 13.2 Å². The van der Waals surface area contributed by atoms with Crippen LogP contribution in [0.1, 0.15) is 24.8 Å². The van der Waals surface area contributed by atoms with Gasteiger partial charge in [-0.1, -0.05) is 24.3 Å². The van der Waals surface area contributed by atoms with Crippen molar-refractivity contribution >= 4 is 22.6 Å². The number of imidazole rings is 1. The third-order valence-electron chi connectivity index (χ3n) is 5.19. The number of ether oxygens (including phenoxy) is 1. The molecule has 1 fully saturated rings. The average Bonchev–Trinajstić information content (AvgIpc) is 2.99. The Morgan fingerprint density at radius 3 is 3.20 bits per heavy atom. The summed E-state index contributed by atoms with van der Waals surface area (Å²) in [5.41, 5.74) is 5.65. The summed E-state index contributed by atoms with van der Waals surface area (Å²) in [4.78, 5) is 4.58. The lowest BCUT2D eigenvalue weighted by Crippen LogP contribution is -2.46. The normalized spacial score (nSPS) is 24.6. The van der Waals surface area contributed by atoms with E-state index in [4.69, 9.17) is 16.3 Å². The first-order chi connectivity index (χ1) is 12.1. The SMILES string of the molecule is C=C1CO[C@H]2CCCN[C@@H]2C=C(Cn2cnc3c(C)c(Cl)ccc32)C1. The summed E-state index contributed by atoms with van der Waals surface area (Å²) >= 11 is 6.23. The minimum Gasteiger partial charge on any atom is -0.372 e. The minimum absolute atomic E-state index is 0.251. The molecule has 2 aliphatic rings. The molecular formula is C20H24ClN3O. The second kappa shape index (κ2) is 6.94. The molecule has 0 bridgehead atoms. The summed E-state index contributed by atoms with van der Waals surface area (Å²) < 4.78 is 8.25. The molecule has 1 saturated heterocycles. The van der Waals surface area contributed by atoms with Crippen LogP contribution < -0.4 is 5.32 Å². The predicted molar refractivity (Wildman–Crippen MR) is 102 cm³/mol. The van der Waals surface area contributed by atoms with Crippen LogP contribution >= 0.6 is 11.6 Å². The number of benzene rings is 1. The predicted octanol–water partition coefficient (Wildman–Crippen LogP) is 4.02. The third-order valence-corrected chi connectivity index (χ3v) is 5.60. The van der Waals surface area contributed by atoms with Crippen molar-refractivity contribution in [2.45, 2.75) is 44.9 Å². The van der Waals surface area contributed by atoms with Gasteiger partial charge in [-0.2, -0.15) is 0 Å². The zero-order chi connectivity index (χ0) is 17.4. The number of piperidine rings is 1. The van der Waals surface area contributed by atoms with E-state index in [9.17, 15) is 0 Å². The van der Waals surface area contributed by atoms with Gasteiger partial charge < -0.3 is 14.6 Å². The highest BCUT2D eigenvalue weighted by atomic mass is 35.5. The van der Waals surface area contributed by atoms with Crippen molar-refractivity contribution in [1.82, 2.24) is 14.9 Å². The molecule has 0 unspecified atom stereocenters. The highest BCUT2D eigenvalue weighted by molar-refractivity contribution is 6.32. The fourth-order valence-electron chi connectivity index (χ4n) is 3.85. The Hall–Kier alpha value is -1.62. The molecule has 0 amide bonds. The van der Waals surface area contributed by atoms with Crippen molar-refractivity contribution < 1.29 is 4.74 Å². The van der Waals surface area contributed by atoms with Crippen molar-refractivity contribution in [1.29, 1.82) is 0 Å². The van der Waals surface area contributed by atoms with Gasteiger partial charge in [0.2, 0.25) is 0 Å². The standard InChI is InChI=1S/C20H24ClN3O/c1-13-8-15(9-17-19(25-11-13)4-3-7-22-17)10-24-12-23-20-14(2)16(21)5-6-18(20)24/h5-6,9,12,17,19,22H,1,3-4,7-8,10-11H2,2H3/t17-,19+/m1/s1. The van der Waals surface area contributed by atoms with Gasteiger partial charge in [-0.25, -0.2) is 4.98 Å². The Kier molecular flexibility index (Phi) is 4.67. The first kappa shape index (κ1) is 16.8. The van der Waals surface area contributed by atoms with Gasteiger partial charge in [0.1, 0.15) is 0 Å². The smallest absolute Gasteiger partial charge is 0.0961 e. The molecule has 2 aromatic rings. The highest BCUT2D eigenvalue weighted by Crippen LogP contribution is 2.27. The minimum atomic E-state index is 0.251. The zero-order valence-electron chi connectivity index (χ0n) is 14.6. The molecule has 3 heterocycles. The molecule has 1 aromatic heterocycles. The monoisotopic (exact) mass is 357 g/mol. The van der Waals surface area contributed by atoms with Gasteiger partial charge in [0, 0.05) is 11.6 Å². The number of aromatic nitrogens is 2. The molecule has 2 atom stereocenters. The molecule has 5 heteroatoms. The second-order valence-corrected chi connectivity index (χ2v) is 7.54. The summed E-state index contributed by atoms with van der Waals surface area (Å²) in [5, 5.41) is 4.36. The van der Waals surface area contributed by atoms with Crippen LogP contribution in [-0.4, -0.2) is 34.8 Å². The quantitative estimate of drug-likeness (QED) is 0.825. The molecule has 0 saturated carbocycles. The maximum Gasteiger partial charge on any atom is 0.0961 e. The van der Waals surface area contributed by atoms with Crippen LogP contribution in [0.3, 0.4) is 0 Å². The molecule has 0 aliphatic carbocycles. The van der Waals surface area contributed by atoms with E-state index in [0.29, 0.717) is 12.6 Å². The number of nitrogens with zero attached hydrogens (tertiary/aromatic N) is 2. The van der Waals surface area contributed by atoms with E-state index in [1.54, 1.807) is 0 Å². The number of rotatable bonds is 2. The summed E-state index contributed by atoms with van der Waals surface area (Å²) in [7, 11) is 0. The second-order valence-electron chi connectivity index (χ2n) is 7.14. The van der Waals surface area contributed by atoms with Crippen LogP contribution in [0.5, 0.6) is 0 Å². The molecular weight excluding hydrogens is 334 g/mol. The summed E-state index contributed by atoms with van der Waals surface area (Å²) in [6, 6.07) is 4.30. The largest absolute Gasteiger partial charge is 0.372 e. The summed E-state index contributed by atoms with van der Waals surface area (Å²) in [6.07, 6.45) is 7.67. The van der Waals surface area contributed by atoms with E-state index in [-0.39, 0.29) is 6.10 Å². The zero-order valence-corrected chi connectivity index (χ0v) is 15.4. The third kappa shape index (κ3) is 3.39. The number of aryl methyl sites for hydroxylation is 1. The maximum absolute atomic E-state index is 6.23. The number of fused-ring (bicyclic) bond motifs is 2. The first-order valence-electron chi connectivity index (χ1n) is 8.93. The van der Waals surface area contributed by atoms with Crippen LogP contribution in [0, 0.1) is 6.92 Å². The number of hydrogen-bond donors (Lipinski definition) is 1. The lowest BCUT2D eigenvalue weighted by molar-refractivity contribution is 0.0304. The Bertz CT molecular complexity index is 839. The van der Waals surface area contributed by atoms with Crippen molar-refractivity contribution in [3.05, 3.63) is 52.8 Å². The molecule has 4 nitrogen and oxygen atoms in total. The first-order valence-corrected chi connectivity index (χ1v) is 9.31. The fourth-order valence-corrected chi connectivity index (χ4v) is 4.00. The van der Waals surface area contributed by atoms with Gasteiger partial charge in [0.05, 0.1) is 36.1 Å². The Morgan fingerprint density at radius 2 is 2.32 bits per heavy atom. The maximum atomic E-state index is 6.23. The number of halogens is 1. The van der Waals surface area contributed by atoms with Gasteiger partial charge >= 0.3 is 0 Å². The van der Waals surface area contributed by atoms with Gasteiger partial charge in [-0.05, 0) is 61.6 Å². The van der Waals surface area contributed by atoms with Gasteiger partial charge in [0.15, 0.2) is 0 Å². The Balaban J connectivity index is 1.66. The molecule has 0 radical (unpaired) electrons. The van der Waals surface area contributed by atoms with E-state index in [1.165, 1.54) is 12.0 Å². The van der Waals surface area contributed by atoms with Crippen molar-refractivity contribution in [2.24, 2.45) is 0 Å². The van der Waals surface area contributed by atoms with Crippen LogP contribution in [0.4, 0.5) is 0 Å². The average molecular weight is 358 g/mol. The lowest BCUT2D eigenvalue weighted by atomic mass is 9.95. The molecule has 1 N–H and O–H groups in total. The topological polar surface area (TPSA) is 39.1 Å². The van der Waals surface area contributed by atoms with Crippen LogP contribution in [0.15, 0.2) is 42.3 Å². The van der Waals surface area contributed by atoms with E-state index < -0.39 is 0 Å². The lowest BCUT2D eigenvalue weighted by Gasteiger charge is -2.33. The number of nitrogens with one attached hydrogen (secondary N) is 1. The Labute approximate surface area is 153 Å². The molecule has 132 valence electrons. The molecule has 1 aromatic carbocycles. The van der Waals surface area contributed by atoms with Crippen molar-refractivity contribution in [3.63, 3.8) is 0 Å². The van der Waals surface area contributed by atoms with Crippen LogP contribution in [-0.2, 0) is 11.3 Å². The number of hydrogen-bond acceptors (Lipinski definition) is 3. The Morgan fingerprint density at radius 1 is 1.44 bits per heavy atom. The molecule has 4 rings (SSSR count). The van der Waals surface area contributed by atoms with Crippen LogP contribution in [0.25, 0.3) is 11.0 Å². The van der Waals surface area contributed by atoms with Gasteiger partial charge in [-0.3, -0.25) is 0 Å². The molecule has 0 spiro atoms. The molecule has 25 heavy (non-hydrogen) atoms.